The standard InChI is InChI=1S/C15H20F2O3/c1-4-6-15(19,14(18)20-5-2)10(3)11-7-12(16)9-13(17)8-11/h7-10,19H,4-6H2,1-3H3. The number of esters is 1. The number of rotatable bonds is 6. The van der Waals surface area contributed by atoms with Gasteiger partial charge in [0, 0.05) is 12.0 Å². The Morgan fingerprint density at radius 1 is 1.30 bits per heavy atom. The molecular formula is C15H20F2O3. The van der Waals surface area contributed by atoms with Gasteiger partial charge < -0.3 is 9.84 Å². The summed E-state index contributed by atoms with van der Waals surface area (Å²) >= 11 is 0. The lowest BCUT2D eigenvalue weighted by Gasteiger charge is -2.32. The van der Waals surface area contributed by atoms with Crippen molar-refractivity contribution in [3.8, 4) is 0 Å². The first kappa shape index (κ1) is 16.6. The van der Waals surface area contributed by atoms with Gasteiger partial charge in [0.15, 0.2) is 5.60 Å². The van der Waals surface area contributed by atoms with Gasteiger partial charge in [0.25, 0.3) is 0 Å². The summed E-state index contributed by atoms with van der Waals surface area (Å²) in [5, 5.41) is 10.6. The van der Waals surface area contributed by atoms with Crippen molar-refractivity contribution in [1.82, 2.24) is 0 Å². The second kappa shape index (κ2) is 6.79. The molecule has 0 spiro atoms. The van der Waals surface area contributed by atoms with Gasteiger partial charge in [-0.15, -0.1) is 0 Å². The molecule has 0 aliphatic heterocycles. The fourth-order valence-corrected chi connectivity index (χ4v) is 2.23. The van der Waals surface area contributed by atoms with E-state index in [2.05, 4.69) is 0 Å². The summed E-state index contributed by atoms with van der Waals surface area (Å²) in [5.74, 6) is -3.02. The van der Waals surface area contributed by atoms with E-state index >= 15 is 0 Å². The number of carbonyl (C=O) groups is 1. The molecule has 0 aliphatic rings. The smallest absolute Gasteiger partial charge is 0.338 e. The quantitative estimate of drug-likeness (QED) is 0.817. The van der Waals surface area contributed by atoms with Crippen molar-refractivity contribution in [3.05, 3.63) is 35.4 Å². The maximum absolute atomic E-state index is 13.3. The Balaban J connectivity index is 3.16. The van der Waals surface area contributed by atoms with Crippen LogP contribution in [0.1, 0.15) is 45.1 Å². The van der Waals surface area contributed by atoms with Gasteiger partial charge in [-0.05, 0) is 31.0 Å². The highest BCUT2D eigenvalue weighted by Gasteiger charge is 2.43. The summed E-state index contributed by atoms with van der Waals surface area (Å²) in [6, 6.07) is 2.99. The van der Waals surface area contributed by atoms with Gasteiger partial charge in [0.1, 0.15) is 11.6 Å². The van der Waals surface area contributed by atoms with Crippen LogP contribution in [0.2, 0.25) is 0 Å². The first-order valence-electron chi connectivity index (χ1n) is 6.70. The number of carbonyl (C=O) groups excluding carboxylic acids is 1. The Bertz CT molecular complexity index is 456. The lowest BCUT2D eigenvalue weighted by Crippen LogP contribution is -2.44. The molecule has 20 heavy (non-hydrogen) atoms. The van der Waals surface area contributed by atoms with Gasteiger partial charge in [0.2, 0.25) is 0 Å². The first-order chi connectivity index (χ1) is 9.35. The number of ether oxygens (including phenoxy) is 1. The molecule has 2 atom stereocenters. The van der Waals surface area contributed by atoms with Crippen molar-refractivity contribution >= 4 is 5.97 Å². The lowest BCUT2D eigenvalue weighted by atomic mass is 9.80. The molecule has 0 saturated heterocycles. The Labute approximate surface area is 117 Å². The summed E-state index contributed by atoms with van der Waals surface area (Å²) in [7, 11) is 0. The van der Waals surface area contributed by atoms with Crippen LogP contribution < -0.4 is 0 Å². The number of aliphatic hydroxyl groups is 1. The van der Waals surface area contributed by atoms with Crippen LogP contribution in [0.15, 0.2) is 18.2 Å². The third-order valence-corrected chi connectivity index (χ3v) is 3.36. The molecule has 0 saturated carbocycles. The summed E-state index contributed by atoms with van der Waals surface area (Å²) in [4.78, 5) is 12.0. The molecular weight excluding hydrogens is 266 g/mol. The van der Waals surface area contributed by atoms with Crippen LogP contribution >= 0.6 is 0 Å². The second-order valence-electron chi connectivity index (χ2n) is 4.82. The summed E-state index contributed by atoms with van der Waals surface area (Å²) in [5.41, 5.74) is -1.56. The van der Waals surface area contributed by atoms with E-state index in [0.29, 0.717) is 6.42 Å². The molecule has 0 bridgehead atoms. The first-order valence-corrected chi connectivity index (χ1v) is 6.70. The predicted octanol–water partition coefficient (Wildman–Crippen LogP) is 3.16. The maximum Gasteiger partial charge on any atom is 0.338 e. The summed E-state index contributed by atoms with van der Waals surface area (Å²) in [6.45, 7) is 5.13. The van der Waals surface area contributed by atoms with Crippen LogP contribution in [0.25, 0.3) is 0 Å². The highest BCUT2D eigenvalue weighted by molar-refractivity contribution is 5.80. The maximum atomic E-state index is 13.3. The molecule has 5 heteroatoms. The van der Waals surface area contributed by atoms with E-state index in [4.69, 9.17) is 4.74 Å². The zero-order valence-electron chi connectivity index (χ0n) is 12.0. The Morgan fingerprint density at radius 3 is 2.30 bits per heavy atom. The molecule has 0 amide bonds. The van der Waals surface area contributed by atoms with Crippen molar-refractivity contribution in [3.63, 3.8) is 0 Å². The van der Waals surface area contributed by atoms with Crippen LogP contribution in [0.5, 0.6) is 0 Å². The van der Waals surface area contributed by atoms with E-state index in [9.17, 15) is 18.7 Å². The van der Waals surface area contributed by atoms with Crippen molar-refractivity contribution in [2.24, 2.45) is 0 Å². The molecule has 1 rings (SSSR count). The SMILES string of the molecule is CCCC(O)(C(=O)OCC)C(C)c1cc(F)cc(F)c1. The second-order valence-corrected chi connectivity index (χ2v) is 4.82. The Hall–Kier alpha value is -1.49. The Kier molecular flexibility index (Phi) is 5.62. The highest BCUT2D eigenvalue weighted by Crippen LogP contribution is 2.33. The third kappa shape index (κ3) is 3.54. The van der Waals surface area contributed by atoms with Gasteiger partial charge in [0.05, 0.1) is 6.61 Å². The van der Waals surface area contributed by atoms with E-state index in [1.165, 1.54) is 0 Å². The van der Waals surface area contributed by atoms with Crippen molar-refractivity contribution in [1.29, 1.82) is 0 Å². The largest absolute Gasteiger partial charge is 0.464 e. The van der Waals surface area contributed by atoms with Crippen molar-refractivity contribution in [2.45, 2.75) is 45.1 Å². The third-order valence-electron chi connectivity index (χ3n) is 3.36. The molecule has 0 fully saturated rings. The minimum atomic E-state index is -1.79. The fraction of sp³-hybridized carbons (Fsp3) is 0.533. The molecule has 2 unspecified atom stereocenters. The van der Waals surface area contributed by atoms with E-state index in [-0.39, 0.29) is 18.6 Å². The van der Waals surface area contributed by atoms with Crippen LogP contribution in [-0.2, 0) is 9.53 Å². The zero-order chi connectivity index (χ0) is 15.3. The molecule has 0 aliphatic carbocycles. The molecule has 1 aromatic carbocycles. The average Bonchev–Trinajstić information content (AvgIpc) is 2.37. The van der Waals surface area contributed by atoms with E-state index in [1.807, 2.05) is 6.92 Å². The molecule has 0 heterocycles. The summed E-state index contributed by atoms with van der Waals surface area (Å²) in [6.07, 6.45) is 0.697. The molecule has 0 aromatic heterocycles. The highest BCUT2D eigenvalue weighted by atomic mass is 19.1. The molecule has 0 radical (unpaired) electrons. The van der Waals surface area contributed by atoms with Gasteiger partial charge in [-0.2, -0.15) is 0 Å². The summed E-state index contributed by atoms with van der Waals surface area (Å²) < 4.78 is 31.4. The minimum Gasteiger partial charge on any atom is -0.464 e. The molecule has 3 nitrogen and oxygen atoms in total. The lowest BCUT2D eigenvalue weighted by molar-refractivity contribution is -0.168. The average molecular weight is 286 g/mol. The number of benzene rings is 1. The molecule has 1 N–H and O–H groups in total. The fourth-order valence-electron chi connectivity index (χ4n) is 2.23. The van der Waals surface area contributed by atoms with Crippen LogP contribution in [0.3, 0.4) is 0 Å². The normalized spacial score (nSPS) is 15.5. The topological polar surface area (TPSA) is 46.5 Å². The van der Waals surface area contributed by atoms with Crippen molar-refractivity contribution < 1.29 is 23.4 Å². The Morgan fingerprint density at radius 2 is 1.85 bits per heavy atom. The van der Waals surface area contributed by atoms with Gasteiger partial charge >= 0.3 is 5.97 Å². The molecule has 1 aromatic rings. The van der Waals surface area contributed by atoms with E-state index < -0.39 is 29.1 Å². The van der Waals surface area contributed by atoms with E-state index in [0.717, 1.165) is 18.2 Å². The monoisotopic (exact) mass is 286 g/mol. The number of hydrogen-bond donors (Lipinski definition) is 1. The van der Waals surface area contributed by atoms with Crippen molar-refractivity contribution in [2.75, 3.05) is 6.61 Å². The zero-order valence-corrected chi connectivity index (χ0v) is 12.0. The molecule has 112 valence electrons. The van der Waals surface area contributed by atoms with Gasteiger partial charge in [-0.3, -0.25) is 0 Å². The van der Waals surface area contributed by atoms with Crippen LogP contribution in [0, 0.1) is 11.6 Å². The van der Waals surface area contributed by atoms with Gasteiger partial charge in [-0.1, -0.05) is 20.3 Å². The van der Waals surface area contributed by atoms with Gasteiger partial charge in [-0.25, -0.2) is 13.6 Å². The van der Waals surface area contributed by atoms with Crippen LogP contribution in [-0.4, -0.2) is 23.3 Å². The number of halogens is 2. The van der Waals surface area contributed by atoms with Crippen LogP contribution in [0.4, 0.5) is 8.78 Å². The number of hydrogen-bond acceptors (Lipinski definition) is 3. The minimum absolute atomic E-state index is 0.134. The van der Waals surface area contributed by atoms with E-state index in [1.54, 1.807) is 13.8 Å². The predicted molar refractivity (Wildman–Crippen MR) is 71.3 cm³/mol.